The Hall–Kier alpha value is -3.85. The zero-order valence-electron chi connectivity index (χ0n) is 18.9. The number of hydrogen-bond acceptors (Lipinski definition) is 8. The van der Waals surface area contributed by atoms with Gasteiger partial charge in [-0.05, 0) is 41.8 Å². The third-order valence-corrected chi connectivity index (χ3v) is 6.00. The molecule has 9 heteroatoms. The molecule has 4 aromatic rings. The highest BCUT2D eigenvalue weighted by molar-refractivity contribution is 5.67. The molecule has 0 radical (unpaired) electrons. The van der Waals surface area contributed by atoms with Crippen LogP contribution in [0.5, 0.6) is 17.2 Å². The molecule has 2 aromatic carbocycles. The average Bonchev–Trinajstić information content (AvgIpc) is 3.31. The van der Waals surface area contributed by atoms with E-state index in [1.807, 2.05) is 24.3 Å². The van der Waals surface area contributed by atoms with Crippen LogP contribution in [0.25, 0.3) is 17.0 Å². The number of ether oxygens (including phenoxy) is 3. The van der Waals surface area contributed by atoms with Crippen molar-refractivity contribution in [3.05, 3.63) is 59.3 Å². The predicted octanol–water partition coefficient (Wildman–Crippen LogP) is 2.96. The van der Waals surface area contributed by atoms with Crippen LogP contribution < -0.4 is 19.9 Å². The van der Waals surface area contributed by atoms with Gasteiger partial charge in [0, 0.05) is 31.4 Å². The second-order valence-corrected chi connectivity index (χ2v) is 7.95. The number of nitrogen functional groups attached to an aromatic ring is 1. The Bertz CT molecular complexity index is 1320. The van der Waals surface area contributed by atoms with E-state index < -0.39 is 0 Å². The van der Waals surface area contributed by atoms with Crippen LogP contribution in [-0.2, 0) is 19.5 Å². The maximum Gasteiger partial charge on any atom is 0.223 e. The van der Waals surface area contributed by atoms with Crippen LogP contribution in [0.3, 0.4) is 0 Å². The van der Waals surface area contributed by atoms with E-state index in [9.17, 15) is 0 Å². The minimum atomic E-state index is 0.295. The summed E-state index contributed by atoms with van der Waals surface area (Å²) in [5, 5.41) is 4.61. The maximum absolute atomic E-state index is 6.12. The van der Waals surface area contributed by atoms with E-state index in [1.165, 1.54) is 11.1 Å². The summed E-state index contributed by atoms with van der Waals surface area (Å²) in [6, 6.07) is 11.8. The summed E-state index contributed by atoms with van der Waals surface area (Å²) >= 11 is 0. The molecule has 0 unspecified atom stereocenters. The van der Waals surface area contributed by atoms with E-state index in [4.69, 9.17) is 24.9 Å². The molecule has 1 aliphatic heterocycles. The van der Waals surface area contributed by atoms with Crippen molar-refractivity contribution in [1.29, 1.82) is 0 Å². The average molecular weight is 447 g/mol. The summed E-state index contributed by atoms with van der Waals surface area (Å²) in [6.45, 7) is 2.38. The lowest BCUT2D eigenvalue weighted by Gasteiger charge is -2.29. The highest BCUT2D eigenvalue weighted by Crippen LogP contribution is 2.34. The number of aromatic nitrogens is 4. The number of benzene rings is 2. The fraction of sp³-hybridized carbons (Fsp3) is 0.292. The standard InChI is InChI=1S/C24H26N6O3/c1-31-19-7-5-4-6-18(19)22-27-23-17(12-26-24(25)30(23)28-22)14-29-9-8-15-10-20(32-2)21(33-3)11-16(15)13-29/h4-7,10-12H,8-9,13-14H2,1-3H3,(H2,25,26). The molecular weight excluding hydrogens is 420 g/mol. The zero-order chi connectivity index (χ0) is 22.9. The summed E-state index contributed by atoms with van der Waals surface area (Å²) in [5.74, 6) is 3.06. The normalized spacial score (nSPS) is 13.7. The number of nitrogens with zero attached hydrogens (tertiary/aromatic N) is 5. The highest BCUT2D eigenvalue weighted by atomic mass is 16.5. The Morgan fingerprint density at radius 1 is 0.970 bits per heavy atom. The van der Waals surface area contributed by atoms with Gasteiger partial charge in [0.15, 0.2) is 23.0 Å². The molecule has 33 heavy (non-hydrogen) atoms. The molecule has 170 valence electrons. The quantitative estimate of drug-likeness (QED) is 0.483. The minimum Gasteiger partial charge on any atom is -0.496 e. The van der Waals surface area contributed by atoms with Crippen molar-refractivity contribution in [1.82, 2.24) is 24.5 Å². The summed E-state index contributed by atoms with van der Waals surface area (Å²) in [6.07, 6.45) is 2.71. The molecule has 9 nitrogen and oxygen atoms in total. The van der Waals surface area contributed by atoms with Crippen LogP contribution in [0.4, 0.5) is 5.95 Å². The number of anilines is 1. The Kier molecular flexibility index (Phi) is 5.47. The van der Waals surface area contributed by atoms with E-state index in [-0.39, 0.29) is 0 Å². The number of para-hydroxylation sites is 1. The SMILES string of the molecule is COc1cc2c(cc1OC)CN(Cc1cnc(N)n3nc(-c4ccccc4OC)nc13)CC2. The third kappa shape index (κ3) is 3.80. The van der Waals surface area contributed by atoms with Crippen molar-refractivity contribution in [3.8, 4) is 28.6 Å². The molecule has 0 saturated heterocycles. The van der Waals surface area contributed by atoms with Gasteiger partial charge in [-0.1, -0.05) is 12.1 Å². The first-order valence-electron chi connectivity index (χ1n) is 10.7. The number of rotatable bonds is 6. The smallest absolute Gasteiger partial charge is 0.223 e. The van der Waals surface area contributed by atoms with Crippen molar-refractivity contribution in [2.75, 3.05) is 33.6 Å². The van der Waals surface area contributed by atoms with Gasteiger partial charge in [-0.25, -0.2) is 9.97 Å². The van der Waals surface area contributed by atoms with Crippen molar-refractivity contribution in [2.45, 2.75) is 19.5 Å². The number of methoxy groups -OCH3 is 3. The first kappa shape index (κ1) is 21.0. The van der Waals surface area contributed by atoms with E-state index in [0.29, 0.717) is 29.7 Å². The number of hydrogen-bond donors (Lipinski definition) is 1. The molecule has 0 spiro atoms. The van der Waals surface area contributed by atoms with Crippen LogP contribution >= 0.6 is 0 Å². The van der Waals surface area contributed by atoms with Gasteiger partial charge in [-0.3, -0.25) is 4.90 Å². The minimum absolute atomic E-state index is 0.295. The fourth-order valence-electron chi connectivity index (χ4n) is 4.31. The molecule has 0 amide bonds. The van der Waals surface area contributed by atoms with E-state index in [2.05, 4.69) is 27.1 Å². The monoisotopic (exact) mass is 446 g/mol. The predicted molar refractivity (Wildman–Crippen MR) is 125 cm³/mol. The van der Waals surface area contributed by atoms with E-state index in [1.54, 1.807) is 32.0 Å². The van der Waals surface area contributed by atoms with E-state index >= 15 is 0 Å². The molecule has 3 heterocycles. The summed E-state index contributed by atoms with van der Waals surface area (Å²) in [4.78, 5) is 11.5. The lowest BCUT2D eigenvalue weighted by Crippen LogP contribution is -2.30. The van der Waals surface area contributed by atoms with Crippen molar-refractivity contribution in [3.63, 3.8) is 0 Å². The third-order valence-electron chi connectivity index (χ3n) is 6.00. The molecule has 0 bridgehead atoms. The van der Waals surface area contributed by atoms with Gasteiger partial charge in [-0.2, -0.15) is 4.52 Å². The highest BCUT2D eigenvalue weighted by Gasteiger charge is 2.22. The number of fused-ring (bicyclic) bond motifs is 2. The van der Waals surface area contributed by atoms with Gasteiger partial charge < -0.3 is 19.9 Å². The van der Waals surface area contributed by atoms with Crippen LogP contribution in [-0.4, -0.2) is 52.4 Å². The molecule has 0 fully saturated rings. The first-order chi connectivity index (χ1) is 16.1. The maximum atomic E-state index is 6.12. The Morgan fingerprint density at radius 2 is 1.70 bits per heavy atom. The number of nitrogens with two attached hydrogens (primary N) is 1. The van der Waals surface area contributed by atoms with Crippen LogP contribution in [0, 0.1) is 0 Å². The zero-order valence-corrected chi connectivity index (χ0v) is 18.9. The van der Waals surface area contributed by atoms with Crippen LogP contribution in [0.1, 0.15) is 16.7 Å². The second kappa shape index (κ2) is 8.59. The fourth-order valence-corrected chi connectivity index (χ4v) is 4.31. The van der Waals surface area contributed by atoms with Crippen LogP contribution in [0.2, 0.25) is 0 Å². The largest absolute Gasteiger partial charge is 0.496 e. The van der Waals surface area contributed by atoms with Gasteiger partial charge in [0.1, 0.15) is 5.75 Å². The summed E-state index contributed by atoms with van der Waals surface area (Å²) in [7, 11) is 4.96. The van der Waals surface area contributed by atoms with Gasteiger partial charge >= 0.3 is 0 Å². The molecule has 1 aliphatic rings. The lowest BCUT2D eigenvalue weighted by atomic mass is 9.98. The summed E-state index contributed by atoms with van der Waals surface area (Å²) < 4.78 is 18.0. The van der Waals surface area contributed by atoms with Gasteiger partial charge in [0.25, 0.3) is 0 Å². The van der Waals surface area contributed by atoms with Crippen molar-refractivity contribution < 1.29 is 14.2 Å². The van der Waals surface area contributed by atoms with Gasteiger partial charge in [0.2, 0.25) is 5.95 Å². The van der Waals surface area contributed by atoms with Gasteiger partial charge in [-0.15, -0.1) is 5.10 Å². The molecule has 2 N–H and O–H groups in total. The molecule has 0 saturated carbocycles. The second-order valence-electron chi connectivity index (χ2n) is 7.95. The first-order valence-corrected chi connectivity index (χ1v) is 10.7. The lowest BCUT2D eigenvalue weighted by molar-refractivity contribution is 0.244. The molecule has 5 rings (SSSR count). The Labute approximate surface area is 191 Å². The van der Waals surface area contributed by atoms with Crippen molar-refractivity contribution >= 4 is 11.6 Å². The topological polar surface area (TPSA) is 100 Å². The summed E-state index contributed by atoms with van der Waals surface area (Å²) in [5.41, 5.74) is 11.1. The molecule has 2 aromatic heterocycles. The Balaban J connectivity index is 1.46. The van der Waals surface area contributed by atoms with E-state index in [0.717, 1.165) is 42.1 Å². The Morgan fingerprint density at radius 3 is 2.45 bits per heavy atom. The molecule has 0 atom stereocenters. The van der Waals surface area contributed by atoms with Crippen LogP contribution in [0.15, 0.2) is 42.6 Å². The molecule has 0 aliphatic carbocycles. The van der Waals surface area contributed by atoms with Crippen molar-refractivity contribution in [2.24, 2.45) is 0 Å². The molecular formula is C24H26N6O3. The van der Waals surface area contributed by atoms with Gasteiger partial charge in [0.05, 0.1) is 26.9 Å².